The number of nitrogens with zero attached hydrogens (tertiary/aromatic N) is 3. The van der Waals surface area contributed by atoms with Crippen LogP contribution in [0.15, 0.2) is 35.6 Å². The molecule has 72 valence electrons. The van der Waals surface area contributed by atoms with Gasteiger partial charge in [-0.3, -0.25) is 9.78 Å². The molecule has 0 aliphatic heterocycles. The first-order valence-corrected chi connectivity index (χ1v) is 4.20. The number of hydrogen-bond acceptors (Lipinski definition) is 4. The first kappa shape index (κ1) is 9.09. The van der Waals surface area contributed by atoms with E-state index in [1.54, 1.807) is 6.07 Å². The van der Waals surface area contributed by atoms with Crippen molar-refractivity contribution in [2.24, 2.45) is 0 Å². The smallest absolute Gasteiger partial charge is 0.274 e. The third-order valence-corrected chi connectivity index (χ3v) is 1.85. The quantitative estimate of drug-likeness (QED) is 0.731. The summed E-state index contributed by atoms with van der Waals surface area (Å²) in [5, 5.41) is 8.68. The van der Waals surface area contributed by atoms with Gasteiger partial charge in [0.15, 0.2) is 0 Å². The minimum atomic E-state index is -0.297. The summed E-state index contributed by atoms with van der Waals surface area (Å²) < 4.78 is 0. The number of rotatable bonds is 1. The summed E-state index contributed by atoms with van der Waals surface area (Å²) in [4.78, 5) is 21.7. The molecule has 0 saturated carbocycles. The molecule has 5 heteroatoms. The number of aromatic amines is 1. The molecule has 0 bridgehead atoms. The second-order valence-corrected chi connectivity index (χ2v) is 2.84. The predicted molar refractivity (Wildman–Crippen MR) is 52.8 cm³/mol. The second-order valence-electron chi connectivity index (χ2n) is 2.84. The van der Waals surface area contributed by atoms with Crippen molar-refractivity contribution in [1.82, 2.24) is 15.0 Å². The molecule has 0 unspecified atom stereocenters. The van der Waals surface area contributed by atoms with E-state index in [0.717, 1.165) is 0 Å². The minimum Gasteiger partial charge on any atom is -0.326 e. The molecule has 5 nitrogen and oxygen atoms in total. The van der Waals surface area contributed by atoms with Crippen molar-refractivity contribution < 1.29 is 0 Å². The van der Waals surface area contributed by atoms with Gasteiger partial charge in [0, 0.05) is 30.4 Å². The summed E-state index contributed by atoms with van der Waals surface area (Å²) in [6, 6.07) is 3.53. The number of pyridine rings is 1. The number of nitriles is 1. The molecular formula is C10H6N4O. The average Bonchev–Trinajstić information content (AvgIpc) is 2.30. The van der Waals surface area contributed by atoms with E-state index in [9.17, 15) is 4.79 Å². The lowest BCUT2D eigenvalue weighted by Crippen LogP contribution is -2.09. The highest BCUT2D eigenvalue weighted by Gasteiger charge is 2.04. The third kappa shape index (κ3) is 1.74. The standard InChI is InChI=1S/C10H6N4O/c11-4-7-3-8(6-12-5-7)9-10(15)14-2-1-13-9/h1-3,5-6H,(H,14,15). The molecule has 0 atom stereocenters. The van der Waals surface area contributed by atoms with Gasteiger partial charge in [-0.15, -0.1) is 0 Å². The van der Waals surface area contributed by atoms with E-state index >= 15 is 0 Å². The van der Waals surface area contributed by atoms with Gasteiger partial charge >= 0.3 is 0 Å². The molecule has 0 spiro atoms. The normalized spacial score (nSPS) is 9.53. The number of hydrogen-bond donors (Lipinski definition) is 1. The van der Waals surface area contributed by atoms with Crippen molar-refractivity contribution in [3.05, 3.63) is 46.8 Å². The summed E-state index contributed by atoms with van der Waals surface area (Å²) in [5.74, 6) is 0. The predicted octanol–water partition coefficient (Wildman–Crippen LogP) is 0.704. The van der Waals surface area contributed by atoms with Crippen LogP contribution < -0.4 is 5.56 Å². The van der Waals surface area contributed by atoms with Gasteiger partial charge in [0.1, 0.15) is 11.8 Å². The summed E-state index contributed by atoms with van der Waals surface area (Å²) in [6.45, 7) is 0. The molecule has 2 aromatic heterocycles. The molecule has 2 aromatic rings. The Morgan fingerprint density at radius 1 is 1.40 bits per heavy atom. The average molecular weight is 198 g/mol. The van der Waals surface area contributed by atoms with Crippen LogP contribution in [0.3, 0.4) is 0 Å². The highest BCUT2D eigenvalue weighted by Crippen LogP contribution is 2.11. The molecule has 0 saturated heterocycles. The maximum Gasteiger partial charge on any atom is 0.274 e. The first-order chi connectivity index (χ1) is 7.31. The van der Waals surface area contributed by atoms with Gasteiger partial charge in [0.2, 0.25) is 0 Å². The van der Waals surface area contributed by atoms with E-state index in [4.69, 9.17) is 5.26 Å². The Bertz CT molecular complexity index is 582. The summed E-state index contributed by atoms with van der Waals surface area (Å²) in [5.41, 5.74) is 0.907. The van der Waals surface area contributed by atoms with Gasteiger partial charge in [-0.25, -0.2) is 4.98 Å². The maximum absolute atomic E-state index is 11.4. The van der Waals surface area contributed by atoms with Gasteiger partial charge in [0.05, 0.1) is 5.56 Å². The monoisotopic (exact) mass is 198 g/mol. The SMILES string of the molecule is N#Cc1cncc(-c2ncc[nH]c2=O)c1. The van der Waals surface area contributed by atoms with E-state index in [1.165, 1.54) is 24.8 Å². The van der Waals surface area contributed by atoms with Crippen molar-refractivity contribution in [1.29, 1.82) is 5.26 Å². The second kappa shape index (κ2) is 3.72. The number of nitrogens with one attached hydrogen (secondary N) is 1. The third-order valence-electron chi connectivity index (χ3n) is 1.85. The Kier molecular flexibility index (Phi) is 2.25. The lowest BCUT2D eigenvalue weighted by Gasteiger charge is -1.97. The molecule has 15 heavy (non-hydrogen) atoms. The molecule has 0 amide bonds. The van der Waals surface area contributed by atoms with Crippen LogP contribution in [0, 0.1) is 11.3 Å². The Hall–Kier alpha value is -2.48. The van der Waals surface area contributed by atoms with Crippen LogP contribution in [-0.2, 0) is 0 Å². The van der Waals surface area contributed by atoms with Gasteiger partial charge in [0.25, 0.3) is 5.56 Å². The molecule has 0 radical (unpaired) electrons. The molecule has 0 aliphatic carbocycles. The van der Waals surface area contributed by atoms with Gasteiger partial charge in [-0.2, -0.15) is 5.26 Å². The largest absolute Gasteiger partial charge is 0.326 e. The van der Waals surface area contributed by atoms with Crippen LogP contribution in [0.25, 0.3) is 11.3 Å². The fraction of sp³-hybridized carbons (Fsp3) is 0. The van der Waals surface area contributed by atoms with Crippen LogP contribution in [0.1, 0.15) is 5.56 Å². The van der Waals surface area contributed by atoms with Crippen LogP contribution in [0.5, 0.6) is 0 Å². The lowest BCUT2D eigenvalue weighted by atomic mass is 10.2. The topological polar surface area (TPSA) is 82.4 Å². The molecule has 2 rings (SSSR count). The van der Waals surface area contributed by atoms with Crippen molar-refractivity contribution in [3.8, 4) is 17.3 Å². The molecular weight excluding hydrogens is 192 g/mol. The Labute approximate surface area is 85.1 Å². The fourth-order valence-electron chi connectivity index (χ4n) is 1.19. The van der Waals surface area contributed by atoms with E-state index in [0.29, 0.717) is 11.1 Å². The zero-order valence-corrected chi connectivity index (χ0v) is 7.64. The van der Waals surface area contributed by atoms with Crippen LogP contribution >= 0.6 is 0 Å². The Morgan fingerprint density at radius 3 is 3.00 bits per heavy atom. The number of aromatic nitrogens is 3. The van der Waals surface area contributed by atoms with Crippen LogP contribution in [0.4, 0.5) is 0 Å². The molecule has 0 aliphatic rings. The Morgan fingerprint density at radius 2 is 2.27 bits per heavy atom. The number of H-pyrrole nitrogens is 1. The minimum absolute atomic E-state index is 0.266. The van der Waals surface area contributed by atoms with Gasteiger partial charge < -0.3 is 4.98 Å². The van der Waals surface area contributed by atoms with Crippen molar-refractivity contribution in [2.75, 3.05) is 0 Å². The fourth-order valence-corrected chi connectivity index (χ4v) is 1.19. The maximum atomic E-state index is 11.4. The summed E-state index contributed by atoms with van der Waals surface area (Å²) in [6.07, 6.45) is 5.86. The highest BCUT2D eigenvalue weighted by molar-refractivity contribution is 5.58. The van der Waals surface area contributed by atoms with Crippen molar-refractivity contribution in [3.63, 3.8) is 0 Å². The molecule has 1 N–H and O–H groups in total. The lowest BCUT2D eigenvalue weighted by molar-refractivity contribution is 1.14. The van der Waals surface area contributed by atoms with Gasteiger partial charge in [-0.05, 0) is 6.07 Å². The molecule has 2 heterocycles. The summed E-state index contributed by atoms with van der Waals surface area (Å²) >= 11 is 0. The van der Waals surface area contributed by atoms with Crippen LogP contribution in [-0.4, -0.2) is 15.0 Å². The Balaban J connectivity index is 2.61. The highest BCUT2D eigenvalue weighted by atomic mass is 16.1. The molecule has 0 fully saturated rings. The first-order valence-electron chi connectivity index (χ1n) is 4.20. The van der Waals surface area contributed by atoms with E-state index in [1.807, 2.05) is 6.07 Å². The van der Waals surface area contributed by atoms with Gasteiger partial charge in [-0.1, -0.05) is 0 Å². The van der Waals surface area contributed by atoms with E-state index in [-0.39, 0.29) is 11.3 Å². The van der Waals surface area contributed by atoms with Crippen molar-refractivity contribution in [2.45, 2.75) is 0 Å². The van der Waals surface area contributed by atoms with E-state index < -0.39 is 0 Å². The zero-order chi connectivity index (χ0) is 10.7. The zero-order valence-electron chi connectivity index (χ0n) is 7.64. The summed E-state index contributed by atoms with van der Waals surface area (Å²) in [7, 11) is 0. The van der Waals surface area contributed by atoms with E-state index in [2.05, 4.69) is 15.0 Å². The van der Waals surface area contributed by atoms with Crippen molar-refractivity contribution >= 4 is 0 Å². The van der Waals surface area contributed by atoms with Crippen LogP contribution in [0.2, 0.25) is 0 Å². The molecule has 0 aromatic carbocycles.